The number of nitrogens with two attached hydrogens (primary N) is 2. The number of primary amides is 1. The molecule has 0 heterocycles. The van der Waals surface area contributed by atoms with Crippen LogP contribution >= 0.6 is 0 Å². The molecule has 12 nitrogen and oxygen atoms in total. The van der Waals surface area contributed by atoms with Crippen LogP contribution in [0.25, 0.3) is 0 Å². The van der Waals surface area contributed by atoms with Crippen molar-refractivity contribution in [1.82, 2.24) is 16.0 Å². The maximum absolute atomic E-state index is 12.6. The van der Waals surface area contributed by atoms with Crippen LogP contribution in [0.5, 0.6) is 5.75 Å². The van der Waals surface area contributed by atoms with Crippen LogP contribution in [0, 0.1) is 0 Å². The van der Waals surface area contributed by atoms with E-state index >= 15 is 0 Å². The zero-order valence-corrected chi connectivity index (χ0v) is 16.3. The van der Waals surface area contributed by atoms with Crippen molar-refractivity contribution in [2.75, 3.05) is 6.54 Å². The normalized spacial score (nSPS) is 13.4. The number of rotatable bonds is 11. The molecule has 30 heavy (non-hydrogen) atoms. The molecule has 0 spiro atoms. The minimum Gasteiger partial charge on any atom is -0.508 e. The van der Waals surface area contributed by atoms with Gasteiger partial charge in [0, 0.05) is 6.42 Å². The van der Waals surface area contributed by atoms with E-state index in [0.717, 1.165) is 0 Å². The van der Waals surface area contributed by atoms with Gasteiger partial charge in [0.15, 0.2) is 0 Å². The van der Waals surface area contributed by atoms with E-state index < -0.39 is 60.7 Å². The van der Waals surface area contributed by atoms with Crippen molar-refractivity contribution in [3.8, 4) is 5.75 Å². The first-order valence-corrected chi connectivity index (χ1v) is 8.91. The number of phenols is 1. The second-order valence-corrected chi connectivity index (χ2v) is 6.55. The Kier molecular flexibility index (Phi) is 9.23. The smallest absolute Gasteiger partial charge is 0.322 e. The highest BCUT2D eigenvalue weighted by Crippen LogP contribution is 2.12. The zero-order valence-electron chi connectivity index (χ0n) is 16.3. The molecule has 164 valence electrons. The van der Waals surface area contributed by atoms with Gasteiger partial charge in [0.1, 0.15) is 24.4 Å². The molecule has 0 aliphatic heterocycles. The molecule has 0 bridgehead atoms. The lowest BCUT2D eigenvalue weighted by Gasteiger charge is -2.22. The number of phenolic OH excluding ortho intramolecular Hbond substituents is 1. The molecule has 0 aromatic heterocycles. The number of aliphatic carboxylic acids is 1. The average Bonchev–Trinajstić information content (AvgIpc) is 2.66. The van der Waals surface area contributed by atoms with Gasteiger partial charge in [-0.3, -0.25) is 24.0 Å². The van der Waals surface area contributed by atoms with E-state index in [9.17, 15) is 29.1 Å². The van der Waals surface area contributed by atoms with Gasteiger partial charge >= 0.3 is 5.97 Å². The summed E-state index contributed by atoms with van der Waals surface area (Å²) in [7, 11) is 0. The molecule has 0 unspecified atom stereocenters. The second-order valence-electron chi connectivity index (χ2n) is 6.55. The van der Waals surface area contributed by atoms with E-state index in [2.05, 4.69) is 16.0 Å². The second kappa shape index (κ2) is 11.4. The highest BCUT2D eigenvalue weighted by atomic mass is 16.4. The molecule has 1 aromatic carbocycles. The summed E-state index contributed by atoms with van der Waals surface area (Å²) in [6, 6.07) is 2.34. The molecule has 1 rings (SSSR count). The number of nitrogens with one attached hydrogen (secondary N) is 3. The summed E-state index contributed by atoms with van der Waals surface area (Å²) in [5.74, 6) is -4.29. The number of hydrogen-bond acceptors (Lipinski definition) is 7. The van der Waals surface area contributed by atoms with Crippen molar-refractivity contribution in [3.05, 3.63) is 29.8 Å². The fourth-order valence-electron chi connectivity index (χ4n) is 2.36. The number of carbonyl (C=O) groups is 5. The highest BCUT2D eigenvalue weighted by molar-refractivity contribution is 5.94. The minimum absolute atomic E-state index is 0.00932. The van der Waals surface area contributed by atoms with Crippen molar-refractivity contribution in [3.63, 3.8) is 0 Å². The Labute approximate surface area is 172 Å². The summed E-state index contributed by atoms with van der Waals surface area (Å²) in [6.07, 6.45) is -0.433. The Morgan fingerprint density at radius 3 is 2.13 bits per heavy atom. The summed E-state index contributed by atoms with van der Waals surface area (Å²) in [6.45, 7) is 0.724. The monoisotopic (exact) mass is 423 g/mol. The summed E-state index contributed by atoms with van der Waals surface area (Å²) in [4.78, 5) is 58.2. The molecule has 0 saturated heterocycles. The summed E-state index contributed by atoms with van der Waals surface area (Å²) >= 11 is 0. The molecule has 3 atom stereocenters. The van der Waals surface area contributed by atoms with Crippen molar-refractivity contribution in [2.24, 2.45) is 11.5 Å². The molecule has 1 aromatic rings. The van der Waals surface area contributed by atoms with E-state index in [0.29, 0.717) is 5.56 Å². The Morgan fingerprint density at radius 1 is 1.00 bits per heavy atom. The van der Waals surface area contributed by atoms with Gasteiger partial charge in [0.2, 0.25) is 23.6 Å². The average molecular weight is 423 g/mol. The number of amides is 4. The zero-order chi connectivity index (χ0) is 22.8. The van der Waals surface area contributed by atoms with Gasteiger partial charge in [-0.15, -0.1) is 0 Å². The summed E-state index contributed by atoms with van der Waals surface area (Å²) in [5.41, 5.74) is 11.2. The van der Waals surface area contributed by atoms with E-state index in [4.69, 9.17) is 16.6 Å². The number of hydrogen-bond donors (Lipinski definition) is 7. The molecule has 0 aliphatic rings. The van der Waals surface area contributed by atoms with Crippen LogP contribution in [-0.2, 0) is 30.4 Å². The quantitative estimate of drug-likeness (QED) is 0.199. The van der Waals surface area contributed by atoms with Gasteiger partial charge in [-0.1, -0.05) is 12.1 Å². The molecule has 12 heteroatoms. The van der Waals surface area contributed by atoms with E-state index in [1.54, 1.807) is 0 Å². The highest BCUT2D eigenvalue weighted by Gasteiger charge is 2.27. The first-order chi connectivity index (χ1) is 14.0. The Balaban J connectivity index is 2.89. The third kappa shape index (κ3) is 8.56. The predicted molar refractivity (Wildman–Crippen MR) is 104 cm³/mol. The summed E-state index contributed by atoms with van der Waals surface area (Å²) in [5, 5.41) is 24.9. The van der Waals surface area contributed by atoms with Crippen LogP contribution < -0.4 is 27.4 Å². The van der Waals surface area contributed by atoms with Crippen molar-refractivity contribution in [1.29, 1.82) is 0 Å². The number of aromatic hydroxyl groups is 1. The van der Waals surface area contributed by atoms with Gasteiger partial charge in [0.05, 0.1) is 12.5 Å². The molecule has 0 saturated carbocycles. The van der Waals surface area contributed by atoms with Crippen molar-refractivity contribution in [2.45, 2.75) is 37.9 Å². The number of carbonyl (C=O) groups excluding carboxylic acids is 4. The lowest BCUT2D eigenvalue weighted by molar-refractivity contribution is -0.138. The Bertz CT molecular complexity index is 797. The lowest BCUT2D eigenvalue weighted by Crippen LogP contribution is -2.56. The molecular formula is C18H25N5O7. The fourth-order valence-corrected chi connectivity index (χ4v) is 2.36. The van der Waals surface area contributed by atoms with Crippen LogP contribution in [0.2, 0.25) is 0 Å². The SMILES string of the molecule is C[C@H](NC(=O)[C@H](Cc1ccc(O)cc1)NC(=O)[C@@H](N)CC(N)=O)C(=O)NCC(=O)O. The first kappa shape index (κ1) is 24.4. The molecular weight excluding hydrogens is 398 g/mol. The standard InChI is InChI=1S/C18H25N5O7/c1-9(16(28)21-8-15(26)27)22-18(30)13(6-10-2-4-11(24)5-3-10)23-17(29)12(19)7-14(20)25/h2-5,9,12-13,24H,6-8,19H2,1H3,(H2,20,25)(H,21,28)(H,22,30)(H,23,29)(H,26,27)/t9-,12-,13-/m0/s1. The van der Waals surface area contributed by atoms with Crippen LogP contribution in [0.4, 0.5) is 0 Å². The number of carboxylic acids is 1. The maximum Gasteiger partial charge on any atom is 0.322 e. The van der Waals surface area contributed by atoms with Crippen LogP contribution in [0.15, 0.2) is 24.3 Å². The third-order valence-corrected chi connectivity index (χ3v) is 3.93. The molecule has 4 amide bonds. The summed E-state index contributed by atoms with van der Waals surface area (Å²) < 4.78 is 0. The van der Waals surface area contributed by atoms with Crippen molar-refractivity contribution >= 4 is 29.6 Å². The van der Waals surface area contributed by atoms with Crippen LogP contribution in [0.3, 0.4) is 0 Å². The molecule has 0 aliphatic carbocycles. The van der Waals surface area contributed by atoms with Gasteiger partial charge in [-0.05, 0) is 24.6 Å². The van der Waals surface area contributed by atoms with E-state index in [-0.39, 0.29) is 12.2 Å². The Hall–Kier alpha value is -3.67. The van der Waals surface area contributed by atoms with E-state index in [1.807, 2.05) is 0 Å². The molecule has 0 radical (unpaired) electrons. The van der Waals surface area contributed by atoms with Gasteiger partial charge in [-0.2, -0.15) is 0 Å². The largest absolute Gasteiger partial charge is 0.508 e. The molecule has 9 N–H and O–H groups in total. The minimum atomic E-state index is -1.27. The Morgan fingerprint density at radius 2 is 1.60 bits per heavy atom. The number of benzene rings is 1. The maximum atomic E-state index is 12.6. The van der Waals surface area contributed by atoms with E-state index in [1.165, 1.54) is 31.2 Å². The predicted octanol–water partition coefficient (Wildman–Crippen LogP) is -2.67. The first-order valence-electron chi connectivity index (χ1n) is 8.91. The van der Waals surface area contributed by atoms with Crippen molar-refractivity contribution < 1.29 is 34.2 Å². The van der Waals surface area contributed by atoms with Crippen LogP contribution in [0.1, 0.15) is 18.9 Å². The lowest BCUT2D eigenvalue weighted by atomic mass is 10.0. The van der Waals surface area contributed by atoms with Gasteiger partial charge in [-0.25, -0.2) is 0 Å². The number of carboxylic acid groups (broad SMARTS) is 1. The molecule has 0 fully saturated rings. The van der Waals surface area contributed by atoms with Gasteiger partial charge < -0.3 is 37.6 Å². The van der Waals surface area contributed by atoms with Crippen LogP contribution in [-0.4, -0.2) is 64.5 Å². The topological polar surface area (TPSA) is 214 Å². The third-order valence-electron chi connectivity index (χ3n) is 3.93. The van der Waals surface area contributed by atoms with Gasteiger partial charge in [0.25, 0.3) is 0 Å². The fraction of sp³-hybridized carbons (Fsp3) is 0.389.